The molecule has 2 unspecified atom stereocenters. The molecule has 1 fully saturated rings. The molecule has 0 radical (unpaired) electrons. The van der Waals surface area contributed by atoms with Crippen LogP contribution in [0.5, 0.6) is 0 Å². The molecule has 0 amide bonds. The number of aliphatic hydroxyl groups is 1. The molecule has 0 spiro atoms. The van der Waals surface area contributed by atoms with Crippen molar-refractivity contribution in [1.29, 1.82) is 0 Å². The fourth-order valence-corrected chi connectivity index (χ4v) is 2.97. The number of halogens is 1. The highest BCUT2D eigenvalue weighted by atomic mass is 19.1. The normalized spacial score (nSPS) is 22.4. The van der Waals surface area contributed by atoms with Crippen LogP contribution in [-0.2, 0) is 0 Å². The van der Waals surface area contributed by atoms with Crippen LogP contribution in [-0.4, -0.2) is 22.7 Å². The topological polar surface area (TPSA) is 45.1 Å². The van der Waals surface area contributed by atoms with E-state index in [1.54, 1.807) is 6.07 Å². The number of hydrogen-bond acceptors (Lipinski definition) is 3. The SMILES string of the molecule is Cc1cc(NCC2CCCC2O)c2cc(F)ccc2n1. The Balaban J connectivity index is 1.88. The van der Waals surface area contributed by atoms with Gasteiger partial charge in [-0.05, 0) is 44.0 Å². The molecule has 2 atom stereocenters. The van der Waals surface area contributed by atoms with Gasteiger partial charge in [0.2, 0.25) is 0 Å². The molecule has 4 heteroatoms. The standard InChI is InChI=1S/C16H19FN2O/c1-10-7-15(18-9-11-3-2-4-16(11)20)13-8-12(17)5-6-14(13)19-10/h5-8,11,16,20H,2-4,9H2,1H3,(H,18,19). The van der Waals surface area contributed by atoms with Crippen LogP contribution in [0.3, 0.4) is 0 Å². The zero-order valence-corrected chi connectivity index (χ0v) is 11.6. The van der Waals surface area contributed by atoms with Gasteiger partial charge in [-0.15, -0.1) is 0 Å². The second-order valence-electron chi connectivity index (χ2n) is 5.61. The number of benzene rings is 1. The molecule has 0 saturated heterocycles. The molecule has 0 bridgehead atoms. The molecule has 2 aromatic rings. The third-order valence-electron chi connectivity index (χ3n) is 4.07. The number of anilines is 1. The fraction of sp³-hybridized carbons (Fsp3) is 0.438. The number of aliphatic hydroxyl groups excluding tert-OH is 1. The molecule has 0 aliphatic heterocycles. The number of nitrogens with zero attached hydrogens (tertiary/aromatic N) is 1. The molecular formula is C16H19FN2O. The van der Waals surface area contributed by atoms with Gasteiger partial charge in [0.15, 0.2) is 0 Å². The first-order valence-corrected chi connectivity index (χ1v) is 7.12. The fourth-order valence-electron chi connectivity index (χ4n) is 2.97. The van der Waals surface area contributed by atoms with Gasteiger partial charge in [0, 0.05) is 29.2 Å². The highest BCUT2D eigenvalue weighted by molar-refractivity contribution is 5.91. The lowest BCUT2D eigenvalue weighted by Crippen LogP contribution is -2.22. The quantitative estimate of drug-likeness (QED) is 0.903. The lowest BCUT2D eigenvalue weighted by Gasteiger charge is -2.17. The lowest BCUT2D eigenvalue weighted by molar-refractivity contribution is 0.138. The molecule has 106 valence electrons. The smallest absolute Gasteiger partial charge is 0.124 e. The highest BCUT2D eigenvalue weighted by Gasteiger charge is 2.24. The third-order valence-corrected chi connectivity index (χ3v) is 4.07. The Morgan fingerprint density at radius 3 is 2.95 bits per heavy atom. The van der Waals surface area contributed by atoms with Crippen molar-refractivity contribution in [2.24, 2.45) is 5.92 Å². The maximum Gasteiger partial charge on any atom is 0.124 e. The van der Waals surface area contributed by atoms with Gasteiger partial charge in [-0.25, -0.2) is 4.39 Å². The summed E-state index contributed by atoms with van der Waals surface area (Å²) in [7, 11) is 0. The number of fused-ring (bicyclic) bond motifs is 1. The van der Waals surface area contributed by atoms with Crippen LogP contribution in [0.15, 0.2) is 24.3 Å². The summed E-state index contributed by atoms with van der Waals surface area (Å²) in [6.07, 6.45) is 2.80. The molecule has 2 N–H and O–H groups in total. The summed E-state index contributed by atoms with van der Waals surface area (Å²) in [5, 5.41) is 14.0. The minimum Gasteiger partial charge on any atom is -0.393 e. The molecular weight excluding hydrogens is 255 g/mol. The van der Waals surface area contributed by atoms with Crippen LogP contribution in [0, 0.1) is 18.7 Å². The summed E-state index contributed by atoms with van der Waals surface area (Å²) < 4.78 is 13.4. The van der Waals surface area contributed by atoms with Crippen molar-refractivity contribution in [1.82, 2.24) is 4.98 Å². The number of hydrogen-bond donors (Lipinski definition) is 2. The first kappa shape index (κ1) is 13.3. The predicted molar refractivity (Wildman–Crippen MR) is 78.3 cm³/mol. The van der Waals surface area contributed by atoms with E-state index in [1.807, 2.05) is 13.0 Å². The number of rotatable bonds is 3. The van der Waals surface area contributed by atoms with Gasteiger partial charge in [0.25, 0.3) is 0 Å². The Labute approximate surface area is 117 Å². The van der Waals surface area contributed by atoms with E-state index in [-0.39, 0.29) is 17.8 Å². The van der Waals surface area contributed by atoms with Gasteiger partial charge in [0.1, 0.15) is 5.82 Å². The first-order valence-electron chi connectivity index (χ1n) is 7.12. The summed E-state index contributed by atoms with van der Waals surface area (Å²) in [5.41, 5.74) is 2.59. The summed E-state index contributed by atoms with van der Waals surface area (Å²) in [4.78, 5) is 4.42. The summed E-state index contributed by atoms with van der Waals surface area (Å²) >= 11 is 0. The number of pyridine rings is 1. The van der Waals surface area contributed by atoms with E-state index < -0.39 is 0 Å². The van der Waals surface area contributed by atoms with Crippen LogP contribution in [0.4, 0.5) is 10.1 Å². The third kappa shape index (κ3) is 2.61. The minimum atomic E-state index is -0.257. The van der Waals surface area contributed by atoms with Crippen LogP contribution in [0.1, 0.15) is 25.0 Å². The Hall–Kier alpha value is -1.68. The second kappa shape index (κ2) is 5.37. The average molecular weight is 274 g/mol. The molecule has 1 saturated carbocycles. The Bertz CT molecular complexity index is 629. The summed E-state index contributed by atoms with van der Waals surface area (Å²) in [6, 6.07) is 6.57. The van der Waals surface area contributed by atoms with Crippen molar-refractivity contribution >= 4 is 16.6 Å². The van der Waals surface area contributed by atoms with Crippen molar-refractivity contribution < 1.29 is 9.50 Å². The van der Waals surface area contributed by atoms with Crippen LogP contribution >= 0.6 is 0 Å². The van der Waals surface area contributed by atoms with Crippen LogP contribution in [0.2, 0.25) is 0 Å². The summed E-state index contributed by atoms with van der Waals surface area (Å²) in [5.74, 6) is 0.0270. The Kier molecular flexibility index (Phi) is 3.57. The van der Waals surface area contributed by atoms with Crippen molar-refractivity contribution in [2.75, 3.05) is 11.9 Å². The monoisotopic (exact) mass is 274 g/mol. The minimum absolute atomic E-state index is 0.214. The van der Waals surface area contributed by atoms with Gasteiger partial charge in [-0.1, -0.05) is 6.42 Å². The second-order valence-corrected chi connectivity index (χ2v) is 5.61. The Morgan fingerprint density at radius 2 is 2.20 bits per heavy atom. The van der Waals surface area contributed by atoms with Gasteiger partial charge in [-0.3, -0.25) is 4.98 Å². The van der Waals surface area contributed by atoms with E-state index in [0.717, 1.165) is 48.1 Å². The number of aromatic nitrogens is 1. The van der Waals surface area contributed by atoms with Gasteiger partial charge in [-0.2, -0.15) is 0 Å². The van der Waals surface area contributed by atoms with Crippen LogP contribution in [0.25, 0.3) is 10.9 Å². The zero-order valence-electron chi connectivity index (χ0n) is 11.6. The largest absolute Gasteiger partial charge is 0.393 e. The van der Waals surface area contributed by atoms with Gasteiger partial charge < -0.3 is 10.4 Å². The molecule has 1 heterocycles. The molecule has 3 rings (SSSR count). The van der Waals surface area contributed by atoms with Gasteiger partial charge >= 0.3 is 0 Å². The van der Waals surface area contributed by atoms with E-state index in [9.17, 15) is 9.50 Å². The summed E-state index contributed by atoms with van der Waals surface area (Å²) in [6.45, 7) is 2.65. The molecule has 1 aromatic carbocycles. The van der Waals surface area contributed by atoms with E-state index in [4.69, 9.17) is 0 Å². The van der Waals surface area contributed by atoms with E-state index in [2.05, 4.69) is 10.3 Å². The van der Waals surface area contributed by atoms with Crippen LogP contribution < -0.4 is 5.32 Å². The maximum absolute atomic E-state index is 13.4. The van der Waals surface area contributed by atoms with E-state index >= 15 is 0 Å². The Morgan fingerprint density at radius 1 is 1.35 bits per heavy atom. The molecule has 3 nitrogen and oxygen atoms in total. The van der Waals surface area contributed by atoms with Crippen molar-refractivity contribution in [3.8, 4) is 0 Å². The molecule has 1 aliphatic carbocycles. The van der Waals surface area contributed by atoms with Crippen molar-refractivity contribution in [3.63, 3.8) is 0 Å². The lowest BCUT2D eigenvalue weighted by atomic mass is 10.1. The van der Waals surface area contributed by atoms with E-state index in [1.165, 1.54) is 12.1 Å². The van der Waals surface area contributed by atoms with Crippen molar-refractivity contribution in [3.05, 3.63) is 35.8 Å². The first-order chi connectivity index (χ1) is 9.63. The van der Waals surface area contributed by atoms with Crippen molar-refractivity contribution in [2.45, 2.75) is 32.3 Å². The number of aryl methyl sites for hydroxylation is 1. The highest BCUT2D eigenvalue weighted by Crippen LogP contribution is 2.28. The molecule has 1 aliphatic rings. The zero-order chi connectivity index (χ0) is 14.1. The predicted octanol–water partition coefficient (Wildman–Crippen LogP) is 3.26. The molecule has 20 heavy (non-hydrogen) atoms. The van der Waals surface area contributed by atoms with Gasteiger partial charge in [0.05, 0.1) is 11.6 Å². The maximum atomic E-state index is 13.4. The average Bonchev–Trinajstić information content (AvgIpc) is 2.82. The van der Waals surface area contributed by atoms with E-state index in [0.29, 0.717) is 0 Å². The number of nitrogens with one attached hydrogen (secondary N) is 1. The molecule has 1 aromatic heterocycles.